The lowest BCUT2D eigenvalue weighted by atomic mass is 9.86. The Morgan fingerprint density at radius 1 is 1.27 bits per heavy atom. The van der Waals surface area contributed by atoms with Crippen molar-refractivity contribution in [3.8, 4) is 0 Å². The Morgan fingerprint density at radius 3 is 2.59 bits per heavy atom. The fraction of sp³-hybridized carbons (Fsp3) is 0.611. The van der Waals surface area contributed by atoms with Gasteiger partial charge in [-0.15, -0.1) is 0 Å². The van der Waals surface area contributed by atoms with Crippen LogP contribution < -0.4 is 10.6 Å². The number of carbonyl (C=O) groups excluding carboxylic acids is 1. The van der Waals surface area contributed by atoms with Gasteiger partial charge < -0.3 is 10.6 Å². The molecule has 0 heterocycles. The molecule has 1 aromatic carbocycles. The lowest BCUT2D eigenvalue weighted by Crippen LogP contribution is -2.45. The predicted octanol–water partition coefficient (Wildman–Crippen LogP) is 4.18. The normalized spacial score (nSPS) is 23.0. The number of carbonyl (C=O) groups is 1. The zero-order valence-electron chi connectivity index (χ0n) is 13.6. The van der Waals surface area contributed by atoms with E-state index in [1.807, 2.05) is 12.1 Å². The third kappa shape index (κ3) is 5.10. The van der Waals surface area contributed by atoms with Gasteiger partial charge in [0.1, 0.15) is 0 Å². The minimum absolute atomic E-state index is 0.120. The summed E-state index contributed by atoms with van der Waals surface area (Å²) in [5.41, 5.74) is 1.23. The molecule has 1 amide bonds. The van der Waals surface area contributed by atoms with Crippen LogP contribution in [0.25, 0.3) is 0 Å². The van der Waals surface area contributed by atoms with Crippen LogP contribution in [0.4, 0.5) is 0 Å². The van der Waals surface area contributed by atoms with Crippen molar-refractivity contribution in [3.05, 3.63) is 34.3 Å². The molecule has 1 aromatic rings. The molecule has 1 aliphatic rings. The molecule has 0 radical (unpaired) electrons. The number of halogens is 1. The second kappa shape index (κ2) is 8.68. The first-order valence-electron chi connectivity index (χ1n) is 8.38. The van der Waals surface area contributed by atoms with E-state index in [9.17, 15) is 4.79 Å². The number of hydrogen-bond acceptors (Lipinski definition) is 2. The molecule has 2 N–H and O–H groups in total. The van der Waals surface area contributed by atoms with Gasteiger partial charge in [0.2, 0.25) is 5.91 Å². The van der Waals surface area contributed by atoms with Crippen LogP contribution in [0.1, 0.15) is 57.6 Å². The quantitative estimate of drug-likeness (QED) is 0.792. The Balaban J connectivity index is 1.82. The molecule has 2 rings (SSSR count). The molecule has 0 aliphatic heterocycles. The summed E-state index contributed by atoms with van der Waals surface area (Å²) >= 11 is 3.46. The van der Waals surface area contributed by atoms with Gasteiger partial charge in [-0.2, -0.15) is 0 Å². The molecule has 0 aromatic heterocycles. The lowest BCUT2D eigenvalue weighted by molar-refractivity contribution is -0.121. The highest BCUT2D eigenvalue weighted by molar-refractivity contribution is 9.10. The molecule has 4 heteroatoms. The molecule has 1 fully saturated rings. The summed E-state index contributed by atoms with van der Waals surface area (Å²) in [5.74, 6) is 0.723. The number of hydrogen-bond donors (Lipinski definition) is 2. The van der Waals surface area contributed by atoms with Crippen molar-refractivity contribution in [2.24, 2.45) is 5.92 Å². The van der Waals surface area contributed by atoms with E-state index in [1.165, 1.54) is 24.8 Å². The number of nitrogens with one attached hydrogen (secondary N) is 2. The molecule has 3 atom stereocenters. The first-order valence-corrected chi connectivity index (χ1v) is 9.17. The Kier molecular flexibility index (Phi) is 6.90. The van der Waals surface area contributed by atoms with Crippen LogP contribution in [-0.4, -0.2) is 18.5 Å². The second-order valence-electron chi connectivity index (χ2n) is 6.33. The maximum atomic E-state index is 12.2. The van der Waals surface area contributed by atoms with E-state index in [0.29, 0.717) is 18.5 Å². The molecular weight excluding hydrogens is 340 g/mol. The number of benzene rings is 1. The first-order chi connectivity index (χ1) is 10.6. The lowest BCUT2D eigenvalue weighted by Gasteiger charge is -2.29. The standard InChI is InChI=1S/C18H27BrN2O/c1-3-16(14-8-10-15(19)11-9-14)20-12-18(22)21-17-7-5-4-6-13(17)2/h8-11,13,16-17,20H,3-7,12H2,1-2H3,(H,21,22)/t13-,16-,17-/m0/s1. The predicted molar refractivity (Wildman–Crippen MR) is 94.7 cm³/mol. The summed E-state index contributed by atoms with van der Waals surface area (Å²) in [4.78, 5) is 12.2. The van der Waals surface area contributed by atoms with Crippen molar-refractivity contribution in [1.29, 1.82) is 0 Å². The van der Waals surface area contributed by atoms with E-state index in [4.69, 9.17) is 0 Å². The zero-order chi connectivity index (χ0) is 15.9. The molecule has 0 spiro atoms. The number of amides is 1. The molecule has 0 bridgehead atoms. The third-order valence-electron chi connectivity index (χ3n) is 4.65. The van der Waals surface area contributed by atoms with Crippen molar-refractivity contribution < 1.29 is 4.79 Å². The van der Waals surface area contributed by atoms with E-state index in [0.717, 1.165) is 17.3 Å². The average molecular weight is 367 g/mol. The fourth-order valence-electron chi connectivity index (χ4n) is 3.20. The summed E-state index contributed by atoms with van der Waals surface area (Å²) in [6.07, 6.45) is 5.85. The van der Waals surface area contributed by atoms with E-state index in [-0.39, 0.29) is 11.9 Å². The molecule has 1 saturated carbocycles. The molecule has 0 saturated heterocycles. The van der Waals surface area contributed by atoms with Crippen molar-refractivity contribution >= 4 is 21.8 Å². The van der Waals surface area contributed by atoms with Crippen LogP contribution >= 0.6 is 15.9 Å². The van der Waals surface area contributed by atoms with Gasteiger partial charge in [0.15, 0.2) is 0 Å². The van der Waals surface area contributed by atoms with Gasteiger partial charge >= 0.3 is 0 Å². The van der Waals surface area contributed by atoms with E-state index < -0.39 is 0 Å². The topological polar surface area (TPSA) is 41.1 Å². The highest BCUT2D eigenvalue weighted by Gasteiger charge is 2.22. The maximum Gasteiger partial charge on any atom is 0.234 e. The molecule has 1 aliphatic carbocycles. The van der Waals surface area contributed by atoms with Crippen molar-refractivity contribution in [1.82, 2.24) is 10.6 Å². The van der Waals surface area contributed by atoms with Gasteiger partial charge in [0, 0.05) is 16.6 Å². The zero-order valence-corrected chi connectivity index (χ0v) is 15.2. The molecule has 0 unspecified atom stereocenters. The van der Waals surface area contributed by atoms with Crippen LogP contribution in [0.3, 0.4) is 0 Å². The Bertz CT molecular complexity index is 474. The smallest absolute Gasteiger partial charge is 0.234 e. The third-order valence-corrected chi connectivity index (χ3v) is 5.18. The van der Waals surface area contributed by atoms with Gasteiger partial charge in [-0.1, -0.05) is 54.8 Å². The Morgan fingerprint density at radius 2 is 1.95 bits per heavy atom. The molecule has 122 valence electrons. The van der Waals surface area contributed by atoms with Crippen molar-refractivity contribution in [2.75, 3.05) is 6.54 Å². The SMILES string of the molecule is CC[C@H](NCC(=O)N[C@H]1CCCC[C@@H]1C)c1ccc(Br)cc1. The summed E-state index contributed by atoms with van der Waals surface area (Å²) in [6, 6.07) is 8.88. The summed E-state index contributed by atoms with van der Waals surface area (Å²) in [7, 11) is 0. The minimum Gasteiger partial charge on any atom is -0.352 e. The van der Waals surface area contributed by atoms with E-state index >= 15 is 0 Å². The van der Waals surface area contributed by atoms with E-state index in [1.54, 1.807) is 0 Å². The maximum absolute atomic E-state index is 12.2. The van der Waals surface area contributed by atoms with E-state index in [2.05, 4.69) is 52.5 Å². The summed E-state index contributed by atoms with van der Waals surface area (Å²) in [5, 5.41) is 6.58. The fourth-order valence-corrected chi connectivity index (χ4v) is 3.46. The highest BCUT2D eigenvalue weighted by Crippen LogP contribution is 2.23. The van der Waals surface area contributed by atoms with Gasteiger partial charge in [0.25, 0.3) is 0 Å². The molecular formula is C18H27BrN2O. The van der Waals surface area contributed by atoms with Crippen molar-refractivity contribution in [3.63, 3.8) is 0 Å². The molecule has 3 nitrogen and oxygen atoms in total. The van der Waals surface area contributed by atoms with Crippen LogP contribution in [0.5, 0.6) is 0 Å². The highest BCUT2D eigenvalue weighted by atomic mass is 79.9. The van der Waals surface area contributed by atoms with Gasteiger partial charge in [-0.3, -0.25) is 4.79 Å². The first kappa shape index (κ1) is 17.5. The monoisotopic (exact) mass is 366 g/mol. The van der Waals surface area contributed by atoms with Crippen LogP contribution in [0, 0.1) is 5.92 Å². The number of rotatable bonds is 6. The second-order valence-corrected chi connectivity index (χ2v) is 7.24. The summed E-state index contributed by atoms with van der Waals surface area (Å²) in [6.45, 7) is 4.77. The summed E-state index contributed by atoms with van der Waals surface area (Å²) < 4.78 is 1.08. The van der Waals surface area contributed by atoms with Crippen molar-refractivity contribution in [2.45, 2.75) is 58.0 Å². The molecule has 22 heavy (non-hydrogen) atoms. The average Bonchev–Trinajstić information content (AvgIpc) is 2.52. The van der Waals surface area contributed by atoms with Gasteiger partial charge in [-0.05, 0) is 42.9 Å². The van der Waals surface area contributed by atoms with Crippen LogP contribution in [0.15, 0.2) is 28.7 Å². The van der Waals surface area contributed by atoms with Gasteiger partial charge in [0.05, 0.1) is 6.54 Å². The largest absolute Gasteiger partial charge is 0.352 e. The Labute approximate surface area is 142 Å². The van der Waals surface area contributed by atoms with Crippen LogP contribution in [0.2, 0.25) is 0 Å². The minimum atomic E-state index is 0.120. The van der Waals surface area contributed by atoms with Crippen LogP contribution in [-0.2, 0) is 4.79 Å². The Hall–Kier alpha value is -0.870. The van der Waals surface area contributed by atoms with Gasteiger partial charge in [-0.25, -0.2) is 0 Å².